The number of hydrogen-bond acceptors (Lipinski definition) is 4. The van der Waals surface area contributed by atoms with E-state index in [1.165, 1.54) is 11.5 Å². The van der Waals surface area contributed by atoms with Gasteiger partial charge in [0.2, 0.25) is 0 Å². The number of hydrogen-bond donors (Lipinski definition) is 3. The first kappa shape index (κ1) is 17.5. The van der Waals surface area contributed by atoms with Gasteiger partial charge in [0.1, 0.15) is 0 Å². The lowest BCUT2D eigenvalue weighted by Crippen LogP contribution is -2.40. The van der Waals surface area contributed by atoms with Crippen LogP contribution in [-0.4, -0.2) is 52.7 Å². The average molecular weight is 320 g/mol. The molecule has 1 fully saturated rings. The molecule has 20 heavy (non-hydrogen) atoms. The molecule has 3 N–H and O–H groups in total. The van der Waals surface area contributed by atoms with Crippen LogP contribution in [0.25, 0.3) is 0 Å². The summed E-state index contributed by atoms with van der Waals surface area (Å²) in [6, 6.07) is -0.119. The van der Waals surface area contributed by atoms with Crippen LogP contribution in [0.1, 0.15) is 26.2 Å². The molecule has 0 aromatic heterocycles. The van der Waals surface area contributed by atoms with Gasteiger partial charge in [0.25, 0.3) is 0 Å². The van der Waals surface area contributed by atoms with Crippen molar-refractivity contribution in [2.75, 3.05) is 30.3 Å². The zero-order chi connectivity index (χ0) is 14.8. The number of carbonyl (C=O) groups is 2. The van der Waals surface area contributed by atoms with Crippen molar-refractivity contribution >= 4 is 35.5 Å². The van der Waals surface area contributed by atoms with Gasteiger partial charge in [-0.3, -0.25) is 4.79 Å². The molecule has 1 aliphatic rings. The minimum Gasteiger partial charge on any atom is -0.481 e. The molecule has 0 bridgehead atoms. The monoisotopic (exact) mass is 320 g/mol. The third kappa shape index (κ3) is 8.58. The number of nitrogens with one attached hydrogen (secondary N) is 2. The second-order valence-corrected chi connectivity index (χ2v) is 7.59. The third-order valence-corrected chi connectivity index (χ3v) is 5.99. The van der Waals surface area contributed by atoms with E-state index >= 15 is 0 Å². The summed E-state index contributed by atoms with van der Waals surface area (Å²) in [4.78, 5) is 22.0. The smallest absolute Gasteiger partial charge is 0.314 e. The largest absolute Gasteiger partial charge is 0.481 e. The van der Waals surface area contributed by atoms with Gasteiger partial charge in [0.15, 0.2) is 0 Å². The molecule has 2 atom stereocenters. The van der Waals surface area contributed by atoms with Crippen molar-refractivity contribution in [3.05, 3.63) is 0 Å². The van der Waals surface area contributed by atoms with Crippen molar-refractivity contribution in [1.82, 2.24) is 10.6 Å². The number of thioether (sulfide) groups is 2. The number of rotatable bonds is 8. The normalized spacial score (nSPS) is 20.1. The van der Waals surface area contributed by atoms with Crippen LogP contribution in [0.15, 0.2) is 0 Å². The van der Waals surface area contributed by atoms with Gasteiger partial charge in [-0.05, 0) is 18.8 Å². The van der Waals surface area contributed by atoms with E-state index in [0.29, 0.717) is 24.1 Å². The van der Waals surface area contributed by atoms with E-state index in [4.69, 9.17) is 5.11 Å². The number of amides is 2. The highest BCUT2D eigenvalue weighted by Gasteiger charge is 2.15. The summed E-state index contributed by atoms with van der Waals surface area (Å²) in [5, 5.41) is 14.8. The highest BCUT2D eigenvalue weighted by atomic mass is 32.2. The molecule has 0 aromatic carbocycles. The second-order valence-electron chi connectivity index (χ2n) is 5.03. The molecule has 1 heterocycles. The Hall–Kier alpha value is -0.560. The summed E-state index contributed by atoms with van der Waals surface area (Å²) < 4.78 is 0. The first-order chi connectivity index (χ1) is 9.58. The predicted octanol–water partition coefficient (Wildman–Crippen LogP) is 2.03. The van der Waals surface area contributed by atoms with E-state index in [1.807, 2.05) is 30.4 Å². The average Bonchev–Trinajstić information content (AvgIpc) is 2.44. The molecule has 2 unspecified atom stereocenters. The topological polar surface area (TPSA) is 78.4 Å². The van der Waals surface area contributed by atoms with E-state index < -0.39 is 5.97 Å². The molecule has 7 heteroatoms. The van der Waals surface area contributed by atoms with Gasteiger partial charge in [-0.1, -0.05) is 6.92 Å². The maximum absolute atomic E-state index is 11.6. The number of carbonyl (C=O) groups excluding carboxylic acids is 1. The van der Waals surface area contributed by atoms with Gasteiger partial charge in [0.05, 0.1) is 0 Å². The van der Waals surface area contributed by atoms with Crippen molar-refractivity contribution in [2.45, 2.75) is 31.4 Å². The summed E-state index contributed by atoms with van der Waals surface area (Å²) in [6.45, 7) is 3.33. The SMILES string of the molecule is CC(CCNC(=O)NCC1CSCCS1)CCC(=O)O. The first-order valence-electron chi connectivity index (χ1n) is 7.00. The molecular formula is C13H24N2O3S2. The lowest BCUT2D eigenvalue weighted by atomic mass is 10.0. The Morgan fingerprint density at radius 3 is 2.75 bits per heavy atom. The van der Waals surface area contributed by atoms with Crippen molar-refractivity contribution in [1.29, 1.82) is 0 Å². The fourth-order valence-electron chi connectivity index (χ4n) is 1.87. The lowest BCUT2D eigenvalue weighted by molar-refractivity contribution is -0.137. The molecule has 116 valence electrons. The highest BCUT2D eigenvalue weighted by molar-refractivity contribution is 8.06. The standard InChI is InChI=1S/C13H24N2O3S2/c1-10(2-3-12(16)17)4-5-14-13(18)15-8-11-9-19-6-7-20-11/h10-11H,2-9H2,1H3,(H,16,17)(H2,14,15,18). The molecule has 0 spiro atoms. The van der Waals surface area contributed by atoms with E-state index in [2.05, 4.69) is 10.6 Å². The van der Waals surface area contributed by atoms with Gasteiger partial charge in [-0.2, -0.15) is 23.5 Å². The molecule has 0 radical (unpaired) electrons. The number of urea groups is 1. The van der Waals surface area contributed by atoms with Gasteiger partial charge in [-0.15, -0.1) is 0 Å². The van der Waals surface area contributed by atoms with E-state index in [0.717, 1.165) is 18.7 Å². The maximum atomic E-state index is 11.6. The lowest BCUT2D eigenvalue weighted by Gasteiger charge is -2.21. The van der Waals surface area contributed by atoms with Crippen molar-refractivity contribution < 1.29 is 14.7 Å². The van der Waals surface area contributed by atoms with Crippen LogP contribution >= 0.6 is 23.5 Å². The quantitative estimate of drug-likeness (QED) is 0.638. The highest BCUT2D eigenvalue weighted by Crippen LogP contribution is 2.23. The third-order valence-electron chi connectivity index (χ3n) is 3.15. The number of aliphatic carboxylic acids is 1. The van der Waals surface area contributed by atoms with Crippen molar-refractivity contribution in [3.8, 4) is 0 Å². The minimum absolute atomic E-state index is 0.119. The predicted molar refractivity (Wildman–Crippen MR) is 85.6 cm³/mol. The van der Waals surface area contributed by atoms with Crippen molar-refractivity contribution in [2.24, 2.45) is 5.92 Å². The van der Waals surface area contributed by atoms with Gasteiger partial charge in [0, 0.05) is 42.0 Å². The Bertz CT molecular complexity index is 310. The van der Waals surface area contributed by atoms with Crippen LogP contribution in [0.3, 0.4) is 0 Å². The molecular weight excluding hydrogens is 296 g/mol. The van der Waals surface area contributed by atoms with Gasteiger partial charge >= 0.3 is 12.0 Å². The number of carboxylic acid groups (broad SMARTS) is 1. The molecule has 2 amide bonds. The number of carboxylic acids is 1. The fourth-order valence-corrected chi connectivity index (χ4v) is 4.48. The van der Waals surface area contributed by atoms with E-state index in [9.17, 15) is 9.59 Å². The first-order valence-corrected chi connectivity index (χ1v) is 9.21. The molecule has 0 aliphatic carbocycles. The van der Waals surface area contributed by atoms with Crippen LogP contribution in [0.5, 0.6) is 0 Å². The van der Waals surface area contributed by atoms with E-state index in [1.54, 1.807) is 0 Å². The zero-order valence-electron chi connectivity index (χ0n) is 11.9. The Kier molecular flexibility index (Phi) is 8.93. The zero-order valence-corrected chi connectivity index (χ0v) is 13.5. The van der Waals surface area contributed by atoms with Crippen LogP contribution in [0, 0.1) is 5.92 Å². The molecule has 1 saturated heterocycles. The summed E-state index contributed by atoms with van der Waals surface area (Å²) in [5.41, 5.74) is 0. The minimum atomic E-state index is -0.759. The molecule has 5 nitrogen and oxygen atoms in total. The van der Waals surface area contributed by atoms with Gasteiger partial charge in [-0.25, -0.2) is 4.79 Å². The van der Waals surface area contributed by atoms with Crippen LogP contribution in [-0.2, 0) is 4.79 Å². The maximum Gasteiger partial charge on any atom is 0.314 e. The summed E-state index contributed by atoms with van der Waals surface area (Å²) in [7, 11) is 0. The van der Waals surface area contributed by atoms with E-state index in [-0.39, 0.29) is 12.5 Å². The Balaban J connectivity index is 2.00. The van der Waals surface area contributed by atoms with Crippen LogP contribution in [0.4, 0.5) is 4.79 Å². The summed E-state index contributed by atoms with van der Waals surface area (Å²) in [5.74, 6) is 3.04. The second kappa shape index (κ2) is 10.2. The van der Waals surface area contributed by atoms with Crippen LogP contribution in [0.2, 0.25) is 0 Å². The molecule has 1 rings (SSSR count). The Morgan fingerprint density at radius 2 is 2.10 bits per heavy atom. The molecule has 0 aromatic rings. The summed E-state index contributed by atoms with van der Waals surface area (Å²) >= 11 is 3.87. The molecule has 0 saturated carbocycles. The Labute approximate surface area is 129 Å². The van der Waals surface area contributed by atoms with Crippen LogP contribution < -0.4 is 10.6 Å². The fraction of sp³-hybridized carbons (Fsp3) is 0.846. The Morgan fingerprint density at radius 1 is 1.30 bits per heavy atom. The van der Waals surface area contributed by atoms with Crippen molar-refractivity contribution in [3.63, 3.8) is 0 Å². The van der Waals surface area contributed by atoms with Gasteiger partial charge < -0.3 is 15.7 Å². The summed E-state index contributed by atoms with van der Waals surface area (Å²) in [6.07, 6.45) is 1.67. The molecule has 1 aliphatic heterocycles.